The number of rotatable bonds is 3. The van der Waals surface area contributed by atoms with Gasteiger partial charge in [-0.3, -0.25) is 0 Å². The molecule has 0 saturated carbocycles. The quantitative estimate of drug-likeness (QED) is 0.909. The largest absolute Gasteiger partial charge is 0.464 e. The third-order valence-electron chi connectivity index (χ3n) is 3.00. The van der Waals surface area contributed by atoms with E-state index in [4.69, 9.17) is 4.42 Å². The van der Waals surface area contributed by atoms with E-state index in [-0.39, 0.29) is 6.04 Å². The van der Waals surface area contributed by atoms with Crippen LogP contribution in [0.15, 0.2) is 22.6 Å². The van der Waals surface area contributed by atoms with Crippen molar-refractivity contribution in [3.8, 4) is 6.07 Å². The van der Waals surface area contributed by atoms with Gasteiger partial charge < -0.3 is 9.73 Å². The molecule has 0 amide bonds. The molecule has 4 nitrogen and oxygen atoms in total. The Morgan fingerprint density at radius 1 is 1.32 bits per heavy atom. The second-order valence-electron chi connectivity index (χ2n) is 4.73. The Labute approximate surface area is 113 Å². The maximum absolute atomic E-state index is 9.22. The summed E-state index contributed by atoms with van der Waals surface area (Å²) in [6, 6.07) is 7.93. The molecule has 0 aliphatic rings. The zero-order valence-corrected chi connectivity index (χ0v) is 11.6. The fourth-order valence-electron chi connectivity index (χ4n) is 2.04. The third-order valence-corrected chi connectivity index (χ3v) is 3.00. The highest BCUT2D eigenvalue weighted by Crippen LogP contribution is 2.24. The molecule has 2 aromatic heterocycles. The Morgan fingerprint density at radius 2 is 2.05 bits per heavy atom. The first-order valence-electron chi connectivity index (χ1n) is 6.22. The molecule has 1 atom stereocenters. The monoisotopic (exact) mass is 255 g/mol. The highest BCUT2D eigenvalue weighted by atomic mass is 16.3. The molecule has 98 valence electrons. The molecule has 1 N–H and O–H groups in total. The maximum Gasteiger partial charge on any atom is 0.145 e. The molecule has 0 aromatic carbocycles. The van der Waals surface area contributed by atoms with Gasteiger partial charge in [-0.05, 0) is 51.5 Å². The van der Waals surface area contributed by atoms with E-state index in [1.54, 1.807) is 0 Å². The lowest BCUT2D eigenvalue weighted by atomic mass is 10.1. The van der Waals surface area contributed by atoms with Crippen molar-refractivity contribution in [3.63, 3.8) is 0 Å². The van der Waals surface area contributed by atoms with Gasteiger partial charge in [0.1, 0.15) is 23.4 Å². The second kappa shape index (κ2) is 5.15. The summed E-state index contributed by atoms with van der Waals surface area (Å²) in [5.74, 6) is 2.32. The first-order chi connectivity index (χ1) is 9.01. The van der Waals surface area contributed by atoms with Crippen LogP contribution in [-0.2, 0) is 0 Å². The minimum Gasteiger partial charge on any atom is -0.464 e. The summed E-state index contributed by atoms with van der Waals surface area (Å²) < 4.78 is 5.58. The van der Waals surface area contributed by atoms with Crippen LogP contribution >= 0.6 is 0 Å². The van der Waals surface area contributed by atoms with Crippen LogP contribution in [0.3, 0.4) is 0 Å². The third kappa shape index (κ3) is 2.76. The van der Waals surface area contributed by atoms with Gasteiger partial charge in [-0.1, -0.05) is 0 Å². The average Bonchev–Trinajstić information content (AvgIpc) is 2.75. The predicted octanol–water partition coefficient (Wildman–Crippen LogP) is 3.64. The number of nitrogens with one attached hydrogen (secondary N) is 1. The van der Waals surface area contributed by atoms with E-state index in [1.165, 1.54) is 0 Å². The van der Waals surface area contributed by atoms with E-state index in [0.29, 0.717) is 11.4 Å². The molecule has 0 spiro atoms. The van der Waals surface area contributed by atoms with Gasteiger partial charge in [0.05, 0.1) is 11.6 Å². The van der Waals surface area contributed by atoms with Crippen LogP contribution in [0.4, 0.5) is 5.82 Å². The lowest BCUT2D eigenvalue weighted by Crippen LogP contribution is -2.10. The Balaban J connectivity index is 2.31. The van der Waals surface area contributed by atoms with Crippen molar-refractivity contribution in [3.05, 3.63) is 46.5 Å². The van der Waals surface area contributed by atoms with Crippen LogP contribution in [0, 0.1) is 32.1 Å². The van der Waals surface area contributed by atoms with Gasteiger partial charge in [0.25, 0.3) is 0 Å². The standard InChI is InChI=1S/C15H17N3O/c1-9-7-10(2)17-15(13(9)8-16)18-12(4)14-6-5-11(3)19-14/h5-7,12H,1-4H3,(H,17,18). The van der Waals surface area contributed by atoms with Crippen molar-refractivity contribution in [2.24, 2.45) is 0 Å². The lowest BCUT2D eigenvalue weighted by Gasteiger charge is -2.15. The zero-order valence-electron chi connectivity index (χ0n) is 11.6. The molecule has 4 heteroatoms. The van der Waals surface area contributed by atoms with Crippen LogP contribution in [0.25, 0.3) is 0 Å². The summed E-state index contributed by atoms with van der Waals surface area (Å²) in [4.78, 5) is 4.40. The molecular formula is C15H17N3O. The fraction of sp³-hybridized carbons (Fsp3) is 0.333. The number of pyridine rings is 1. The first-order valence-corrected chi connectivity index (χ1v) is 6.22. The Bertz CT molecular complexity index is 637. The normalized spacial score (nSPS) is 11.9. The van der Waals surface area contributed by atoms with Gasteiger partial charge in [-0.25, -0.2) is 4.98 Å². The van der Waals surface area contributed by atoms with E-state index in [9.17, 15) is 5.26 Å². The molecule has 2 rings (SSSR count). The van der Waals surface area contributed by atoms with Gasteiger partial charge in [-0.2, -0.15) is 5.26 Å². The molecule has 0 aliphatic carbocycles. The van der Waals surface area contributed by atoms with Gasteiger partial charge in [0.2, 0.25) is 0 Å². The molecule has 0 saturated heterocycles. The van der Waals surface area contributed by atoms with Crippen molar-refractivity contribution in [2.75, 3.05) is 5.32 Å². The molecule has 0 radical (unpaired) electrons. The SMILES string of the molecule is Cc1cc(C)c(C#N)c(NC(C)c2ccc(C)o2)n1. The van der Waals surface area contributed by atoms with E-state index in [1.807, 2.05) is 45.9 Å². The lowest BCUT2D eigenvalue weighted by molar-refractivity contribution is 0.466. The number of furan rings is 1. The van der Waals surface area contributed by atoms with Gasteiger partial charge in [0.15, 0.2) is 0 Å². The Morgan fingerprint density at radius 3 is 2.63 bits per heavy atom. The van der Waals surface area contributed by atoms with Gasteiger partial charge in [-0.15, -0.1) is 0 Å². The number of anilines is 1. The van der Waals surface area contributed by atoms with Gasteiger partial charge >= 0.3 is 0 Å². The molecule has 0 bridgehead atoms. The summed E-state index contributed by atoms with van der Waals surface area (Å²) in [5.41, 5.74) is 2.41. The van der Waals surface area contributed by atoms with Crippen LogP contribution in [0.5, 0.6) is 0 Å². The summed E-state index contributed by atoms with van der Waals surface area (Å²) in [6.45, 7) is 7.73. The topological polar surface area (TPSA) is 61.9 Å². The highest BCUT2D eigenvalue weighted by Gasteiger charge is 2.14. The fourth-order valence-corrected chi connectivity index (χ4v) is 2.04. The minimum absolute atomic E-state index is 0.0329. The average molecular weight is 255 g/mol. The summed E-state index contributed by atoms with van der Waals surface area (Å²) in [7, 11) is 0. The van der Waals surface area contributed by atoms with Crippen LogP contribution in [-0.4, -0.2) is 4.98 Å². The number of nitriles is 1. The van der Waals surface area contributed by atoms with Crippen LogP contribution < -0.4 is 5.32 Å². The molecule has 0 fully saturated rings. The molecular weight excluding hydrogens is 238 g/mol. The van der Waals surface area contributed by atoms with Crippen molar-refractivity contribution in [2.45, 2.75) is 33.7 Å². The second-order valence-corrected chi connectivity index (χ2v) is 4.73. The van der Waals surface area contributed by atoms with Gasteiger partial charge in [0, 0.05) is 5.69 Å². The molecule has 2 heterocycles. The highest BCUT2D eigenvalue weighted by molar-refractivity contribution is 5.57. The van der Waals surface area contributed by atoms with Crippen molar-refractivity contribution < 1.29 is 4.42 Å². The van der Waals surface area contributed by atoms with Crippen molar-refractivity contribution in [1.82, 2.24) is 4.98 Å². The number of hydrogen-bond donors (Lipinski definition) is 1. The van der Waals surface area contributed by atoms with Crippen LogP contribution in [0.2, 0.25) is 0 Å². The molecule has 0 aliphatic heterocycles. The van der Waals surface area contributed by atoms with E-state index in [2.05, 4.69) is 16.4 Å². The summed E-state index contributed by atoms with van der Waals surface area (Å²) in [6.07, 6.45) is 0. The number of hydrogen-bond acceptors (Lipinski definition) is 4. The summed E-state index contributed by atoms with van der Waals surface area (Å²) >= 11 is 0. The Hall–Kier alpha value is -2.28. The minimum atomic E-state index is -0.0329. The van der Waals surface area contributed by atoms with Crippen LogP contribution in [0.1, 0.15) is 41.3 Å². The molecule has 2 aromatic rings. The van der Waals surface area contributed by atoms with Crippen molar-refractivity contribution in [1.29, 1.82) is 5.26 Å². The maximum atomic E-state index is 9.22. The Kier molecular flexibility index (Phi) is 3.57. The number of nitrogens with zero attached hydrogens (tertiary/aromatic N) is 2. The zero-order chi connectivity index (χ0) is 14.0. The molecule has 1 unspecified atom stereocenters. The predicted molar refractivity (Wildman–Crippen MR) is 73.9 cm³/mol. The summed E-state index contributed by atoms with van der Waals surface area (Å²) in [5, 5.41) is 12.5. The van der Waals surface area contributed by atoms with E-state index < -0.39 is 0 Å². The van der Waals surface area contributed by atoms with E-state index in [0.717, 1.165) is 22.8 Å². The smallest absolute Gasteiger partial charge is 0.145 e. The first kappa shape index (κ1) is 13.2. The number of aryl methyl sites for hydroxylation is 3. The van der Waals surface area contributed by atoms with Crippen molar-refractivity contribution >= 4 is 5.82 Å². The number of aromatic nitrogens is 1. The molecule has 19 heavy (non-hydrogen) atoms. The van der Waals surface area contributed by atoms with E-state index >= 15 is 0 Å².